The summed E-state index contributed by atoms with van der Waals surface area (Å²) in [6.07, 6.45) is 5.21. The highest BCUT2D eigenvalue weighted by atomic mass is 16.5. The first kappa shape index (κ1) is 16.8. The third-order valence-corrected chi connectivity index (χ3v) is 5.14. The molecule has 3 rings (SSSR count). The molecule has 0 radical (unpaired) electrons. The molecule has 24 heavy (non-hydrogen) atoms. The Labute approximate surface area is 143 Å². The lowest BCUT2D eigenvalue weighted by atomic mass is 9.95. The van der Waals surface area contributed by atoms with Gasteiger partial charge in [-0.3, -0.25) is 9.59 Å². The van der Waals surface area contributed by atoms with E-state index in [0.717, 1.165) is 18.5 Å². The molecule has 1 aliphatic heterocycles. The fourth-order valence-electron chi connectivity index (χ4n) is 3.69. The molecule has 1 aromatic rings. The highest BCUT2D eigenvalue weighted by molar-refractivity contribution is 5.78. The van der Waals surface area contributed by atoms with Crippen LogP contribution in [0, 0.1) is 12.8 Å². The van der Waals surface area contributed by atoms with E-state index in [1.807, 2.05) is 12.1 Å². The van der Waals surface area contributed by atoms with Gasteiger partial charge in [-0.2, -0.15) is 0 Å². The molecule has 5 heteroatoms. The van der Waals surface area contributed by atoms with Gasteiger partial charge in [-0.1, -0.05) is 31.0 Å². The maximum absolute atomic E-state index is 12.2. The van der Waals surface area contributed by atoms with Crippen LogP contribution < -0.4 is 10.6 Å². The Balaban J connectivity index is 1.56. The van der Waals surface area contributed by atoms with E-state index in [1.54, 1.807) is 0 Å². The van der Waals surface area contributed by atoms with Gasteiger partial charge < -0.3 is 15.4 Å². The predicted molar refractivity (Wildman–Crippen MR) is 92.7 cm³/mol. The third kappa shape index (κ3) is 4.08. The molecule has 0 bridgehead atoms. The fraction of sp³-hybridized carbons (Fsp3) is 0.579. The SMILES string of the molecule is Cc1ccccc1NC1(CNC(=O)CC2COC(=O)C2)CCCC1. The van der Waals surface area contributed by atoms with Crippen molar-refractivity contribution in [3.05, 3.63) is 29.8 Å². The van der Waals surface area contributed by atoms with Crippen LogP contribution >= 0.6 is 0 Å². The van der Waals surface area contributed by atoms with Crippen LogP contribution in [0.4, 0.5) is 5.69 Å². The van der Waals surface area contributed by atoms with Crippen LogP contribution in [0.25, 0.3) is 0 Å². The lowest BCUT2D eigenvalue weighted by Crippen LogP contribution is -2.47. The molecule has 2 N–H and O–H groups in total. The van der Waals surface area contributed by atoms with Crippen LogP contribution in [0.2, 0.25) is 0 Å². The maximum Gasteiger partial charge on any atom is 0.306 e. The molecule has 5 nitrogen and oxygen atoms in total. The lowest BCUT2D eigenvalue weighted by Gasteiger charge is -2.32. The van der Waals surface area contributed by atoms with Crippen LogP contribution in [0.15, 0.2) is 24.3 Å². The quantitative estimate of drug-likeness (QED) is 0.787. The van der Waals surface area contributed by atoms with Gasteiger partial charge in [-0.15, -0.1) is 0 Å². The van der Waals surface area contributed by atoms with E-state index < -0.39 is 0 Å². The van der Waals surface area contributed by atoms with Gasteiger partial charge in [0.2, 0.25) is 5.91 Å². The zero-order valence-electron chi connectivity index (χ0n) is 14.3. The Bertz CT molecular complexity index is 608. The standard InChI is InChI=1S/C19H26N2O3/c1-14-6-2-3-7-16(14)21-19(8-4-5-9-19)13-20-17(22)10-15-11-18(23)24-12-15/h2-3,6-7,15,21H,4-5,8-13H2,1H3,(H,20,22). The Hall–Kier alpha value is -2.04. The number of rotatable bonds is 6. The molecule has 0 aromatic heterocycles. The Kier molecular flexibility index (Phi) is 5.07. The van der Waals surface area contributed by atoms with Gasteiger partial charge in [0.15, 0.2) is 0 Å². The van der Waals surface area contributed by atoms with Crippen molar-refractivity contribution in [3.8, 4) is 0 Å². The van der Waals surface area contributed by atoms with Crippen molar-refractivity contribution in [3.63, 3.8) is 0 Å². The number of nitrogens with one attached hydrogen (secondary N) is 2. The summed E-state index contributed by atoms with van der Waals surface area (Å²) in [7, 11) is 0. The Morgan fingerprint density at radius 3 is 2.71 bits per heavy atom. The zero-order chi connectivity index (χ0) is 17.0. The second-order valence-corrected chi connectivity index (χ2v) is 7.16. The number of amides is 1. The number of ether oxygens (including phenoxy) is 1. The molecule has 1 aromatic carbocycles. The van der Waals surface area contributed by atoms with Gasteiger partial charge in [0.05, 0.1) is 18.6 Å². The van der Waals surface area contributed by atoms with Crippen molar-refractivity contribution in [1.82, 2.24) is 5.32 Å². The number of para-hydroxylation sites is 1. The molecule has 1 saturated carbocycles. The van der Waals surface area contributed by atoms with E-state index in [9.17, 15) is 9.59 Å². The molecule has 1 aliphatic carbocycles. The number of esters is 1. The van der Waals surface area contributed by atoms with Gasteiger partial charge in [-0.25, -0.2) is 0 Å². The number of aryl methyl sites for hydroxylation is 1. The van der Waals surface area contributed by atoms with Crippen molar-refractivity contribution >= 4 is 17.6 Å². The number of hydrogen-bond acceptors (Lipinski definition) is 4. The molecule has 1 atom stereocenters. The summed E-state index contributed by atoms with van der Waals surface area (Å²) in [6, 6.07) is 8.27. The minimum atomic E-state index is -0.193. The first-order valence-electron chi connectivity index (χ1n) is 8.82. The van der Waals surface area contributed by atoms with Gasteiger partial charge in [0, 0.05) is 24.6 Å². The summed E-state index contributed by atoms with van der Waals surface area (Å²) in [4.78, 5) is 23.3. The summed E-state index contributed by atoms with van der Waals surface area (Å²) in [6.45, 7) is 3.10. The molecule has 130 valence electrons. The number of carbonyl (C=O) groups is 2. The minimum absolute atomic E-state index is 0.0103. The predicted octanol–water partition coefficient (Wildman–Crippen LogP) is 2.79. The second kappa shape index (κ2) is 7.24. The molecule has 2 aliphatic rings. The van der Waals surface area contributed by atoms with Crippen molar-refractivity contribution in [1.29, 1.82) is 0 Å². The normalized spacial score (nSPS) is 22.2. The van der Waals surface area contributed by atoms with E-state index in [1.165, 1.54) is 18.4 Å². The van der Waals surface area contributed by atoms with Gasteiger partial charge in [0.25, 0.3) is 0 Å². The molecular weight excluding hydrogens is 304 g/mol. The summed E-state index contributed by atoms with van der Waals surface area (Å²) < 4.78 is 4.93. The van der Waals surface area contributed by atoms with Gasteiger partial charge >= 0.3 is 5.97 Å². The summed E-state index contributed by atoms with van der Waals surface area (Å²) >= 11 is 0. The number of anilines is 1. The van der Waals surface area contributed by atoms with Crippen molar-refractivity contribution < 1.29 is 14.3 Å². The first-order chi connectivity index (χ1) is 11.6. The lowest BCUT2D eigenvalue weighted by molar-refractivity contribution is -0.138. The molecule has 1 saturated heterocycles. The maximum atomic E-state index is 12.2. The number of benzene rings is 1. The number of carbonyl (C=O) groups excluding carboxylic acids is 2. The average Bonchev–Trinajstić information content (AvgIpc) is 3.18. The Morgan fingerprint density at radius 1 is 1.29 bits per heavy atom. The third-order valence-electron chi connectivity index (χ3n) is 5.14. The fourth-order valence-corrected chi connectivity index (χ4v) is 3.69. The minimum Gasteiger partial charge on any atom is -0.465 e. The van der Waals surface area contributed by atoms with Crippen molar-refractivity contribution in [2.45, 2.75) is 51.0 Å². The molecular formula is C19H26N2O3. The smallest absolute Gasteiger partial charge is 0.306 e. The van der Waals surface area contributed by atoms with E-state index in [4.69, 9.17) is 4.74 Å². The van der Waals surface area contributed by atoms with Crippen LogP contribution in [0.1, 0.15) is 44.1 Å². The van der Waals surface area contributed by atoms with Crippen LogP contribution in [-0.4, -0.2) is 30.6 Å². The monoisotopic (exact) mass is 330 g/mol. The van der Waals surface area contributed by atoms with Crippen molar-refractivity contribution in [2.75, 3.05) is 18.5 Å². The van der Waals surface area contributed by atoms with E-state index >= 15 is 0 Å². The number of cyclic esters (lactones) is 1. The topological polar surface area (TPSA) is 67.4 Å². The average molecular weight is 330 g/mol. The van der Waals surface area contributed by atoms with E-state index in [-0.39, 0.29) is 23.3 Å². The highest BCUT2D eigenvalue weighted by Gasteiger charge is 2.35. The van der Waals surface area contributed by atoms with Crippen LogP contribution in [-0.2, 0) is 14.3 Å². The van der Waals surface area contributed by atoms with E-state index in [2.05, 4.69) is 29.7 Å². The molecule has 2 fully saturated rings. The highest BCUT2D eigenvalue weighted by Crippen LogP contribution is 2.33. The largest absolute Gasteiger partial charge is 0.465 e. The van der Waals surface area contributed by atoms with Crippen LogP contribution in [0.3, 0.4) is 0 Å². The van der Waals surface area contributed by atoms with Gasteiger partial charge in [0.1, 0.15) is 0 Å². The first-order valence-corrected chi connectivity index (χ1v) is 8.82. The van der Waals surface area contributed by atoms with E-state index in [0.29, 0.717) is 26.0 Å². The van der Waals surface area contributed by atoms with Crippen molar-refractivity contribution in [2.24, 2.45) is 5.92 Å². The molecule has 1 heterocycles. The molecule has 0 spiro atoms. The number of hydrogen-bond donors (Lipinski definition) is 2. The molecule has 1 amide bonds. The van der Waals surface area contributed by atoms with Crippen LogP contribution in [0.5, 0.6) is 0 Å². The molecule has 1 unspecified atom stereocenters. The Morgan fingerprint density at radius 2 is 2.04 bits per heavy atom. The summed E-state index contributed by atoms with van der Waals surface area (Å²) in [5.41, 5.74) is 2.30. The zero-order valence-corrected chi connectivity index (χ0v) is 14.3. The second-order valence-electron chi connectivity index (χ2n) is 7.16. The summed E-state index contributed by atoms with van der Waals surface area (Å²) in [5, 5.41) is 6.76. The van der Waals surface area contributed by atoms with Gasteiger partial charge in [-0.05, 0) is 31.4 Å². The summed E-state index contributed by atoms with van der Waals surface area (Å²) in [5.74, 6) is -0.154.